The molecule has 26 heavy (non-hydrogen) atoms. The molecule has 0 atom stereocenters. The van der Waals surface area contributed by atoms with E-state index < -0.39 is 15.8 Å². The Balaban J connectivity index is 2.07. The molecule has 0 bridgehead atoms. The molecule has 1 N–H and O–H groups in total. The van der Waals surface area contributed by atoms with E-state index in [0.717, 1.165) is 6.07 Å². The normalized spacial score (nSPS) is 11.3. The second-order valence-corrected chi connectivity index (χ2v) is 7.51. The number of rotatable bonds is 3. The minimum absolute atomic E-state index is 0.0393. The van der Waals surface area contributed by atoms with Crippen LogP contribution in [-0.4, -0.2) is 13.0 Å². The molecule has 0 unspecified atom stereocenters. The zero-order valence-corrected chi connectivity index (χ0v) is 14.8. The number of aryl methyl sites for hydroxylation is 2. The van der Waals surface area contributed by atoms with E-state index in [1.165, 1.54) is 48.0 Å². The van der Waals surface area contributed by atoms with Crippen molar-refractivity contribution in [1.29, 1.82) is 5.26 Å². The maximum absolute atomic E-state index is 14.5. The fourth-order valence-corrected chi connectivity index (χ4v) is 3.77. The van der Waals surface area contributed by atoms with E-state index in [-0.39, 0.29) is 21.7 Å². The molecule has 0 aliphatic heterocycles. The molecule has 6 nitrogen and oxygen atoms in total. The number of nitrogens with zero attached hydrogens (tertiary/aromatic N) is 2. The molecule has 0 saturated heterocycles. The van der Waals surface area contributed by atoms with Crippen molar-refractivity contribution >= 4 is 26.6 Å². The van der Waals surface area contributed by atoms with Crippen molar-refractivity contribution in [2.45, 2.75) is 11.8 Å². The van der Waals surface area contributed by atoms with Crippen molar-refractivity contribution < 1.29 is 12.8 Å². The van der Waals surface area contributed by atoms with Crippen molar-refractivity contribution in [2.75, 3.05) is 4.72 Å². The number of hydrogen-bond acceptors (Lipinski definition) is 4. The summed E-state index contributed by atoms with van der Waals surface area (Å²) in [7, 11) is -2.49. The lowest BCUT2D eigenvalue weighted by Crippen LogP contribution is -2.20. The van der Waals surface area contributed by atoms with Crippen LogP contribution < -0.4 is 10.3 Å². The highest BCUT2D eigenvalue weighted by atomic mass is 32.2. The Morgan fingerprint density at radius 2 is 1.81 bits per heavy atom. The number of sulfonamides is 1. The van der Waals surface area contributed by atoms with Crippen molar-refractivity contribution in [2.24, 2.45) is 7.05 Å². The lowest BCUT2D eigenvalue weighted by molar-refractivity contribution is 0.601. The third kappa shape index (κ3) is 3.05. The van der Waals surface area contributed by atoms with Crippen LogP contribution in [0.25, 0.3) is 10.9 Å². The third-order valence-corrected chi connectivity index (χ3v) is 5.39. The van der Waals surface area contributed by atoms with Crippen LogP contribution >= 0.6 is 0 Å². The number of aromatic nitrogens is 1. The zero-order valence-electron chi connectivity index (χ0n) is 13.9. The van der Waals surface area contributed by atoms with Crippen molar-refractivity contribution in [3.05, 3.63) is 69.8 Å². The number of nitriles is 1. The quantitative estimate of drug-likeness (QED) is 0.766. The van der Waals surface area contributed by atoms with Gasteiger partial charge in [-0.1, -0.05) is 0 Å². The van der Waals surface area contributed by atoms with E-state index in [1.54, 1.807) is 6.92 Å². The van der Waals surface area contributed by atoms with Gasteiger partial charge in [-0.05, 0) is 43.3 Å². The Morgan fingerprint density at radius 3 is 2.42 bits per heavy atom. The molecule has 8 heteroatoms. The van der Waals surface area contributed by atoms with Gasteiger partial charge >= 0.3 is 0 Å². The number of anilines is 1. The van der Waals surface area contributed by atoms with Crippen molar-refractivity contribution in [3.63, 3.8) is 0 Å². The number of halogens is 1. The Bertz CT molecular complexity index is 1220. The summed E-state index contributed by atoms with van der Waals surface area (Å²) in [5, 5.41) is 9.19. The molecular weight excluding hydrogens is 357 g/mol. The second-order valence-electron chi connectivity index (χ2n) is 5.83. The molecule has 3 aromatic rings. The number of fused-ring (bicyclic) bond motifs is 1. The van der Waals surface area contributed by atoms with Gasteiger partial charge in [0.1, 0.15) is 5.82 Å². The summed E-state index contributed by atoms with van der Waals surface area (Å²) in [6.07, 6.45) is 0. The SMILES string of the molecule is Cc1cc2cc(NS(=O)(=O)c3ccc(C#N)cc3)cc(F)c2n(C)c1=O. The molecule has 1 aromatic heterocycles. The highest BCUT2D eigenvalue weighted by Gasteiger charge is 2.16. The van der Waals surface area contributed by atoms with E-state index in [9.17, 15) is 17.6 Å². The molecule has 0 saturated carbocycles. The van der Waals surface area contributed by atoms with Gasteiger partial charge in [0, 0.05) is 24.1 Å². The van der Waals surface area contributed by atoms with E-state index in [1.807, 2.05) is 6.07 Å². The summed E-state index contributed by atoms with van der Waals surface area (Å²) >= 11 is 0. The molecule has 1 heterocycles. The van der Waals surface area contributed by atoms with Crippen LogP contribution in [0.2, 0.25) is 0 Å². The maximum Gasteiger partial charge on any atom is 0.261 e. The van der Waals surface area contributed by atoms with Gasteiger partial charge in [0.05, 0.1) is 27.7 Å². The standard InChI is InChI=1S/C18H14FN3O3S/c1-11-7-13-8-14(9-16(19)17(13)22(2)18(11)23)21-26(24,25)15-5-3-12(10-20)4-6-15/h3-9,21H,1-2H3. The molecule has 0 fully saturated rings. The van der Waals surface area contributed by atoms with Gasteiger partial charge in [0.2, 0.25) is 0 Å². The molecule has 0 radical (unpaired) electrons. The molecule has 3 rings (SSSR count). The lowest BCUT2D eigenvalue weighted by Gasteiger charge is -2.12. The predicted molar refractivity (Wildman–Crippen MR) is 95.8 cm³/mol. The maximum atomic E-state index is 14.5. The molecule has 0 spiro atoms. The summed E-state index contributed by atoms with van der Waals surface area (Å²) in [6.45, 7) is 1.60. The first-order chi connectivity index (χ1) is 12.2. The number of pyridine rings is 1. The van der Waals surface area contributed by atoms with Crippen LogP contribution in [-0.2, 0) is 17.1 Å². The van der Waals surface area contributed by atoms with Gasteiger partial charge in [-0.3, -0.25) is 9.52 Å². The molecule has 0 aliphatic rings. The largest absolute Gasteiger partial charge is 0.308 e. The Kier molecular flexibility index (Phi) is 4.26. The van der Waals surface area contributed by atoms with E-state index in [4.69, 9.17) is 5.26 Å². The Labute approximate surface area is 149 Å². The lowest BCUT2D eigenvalue weighted by atomic mass is 10.1. The first kappa shape index (κ1) is 17.6. The molecule has 2 aromatic carbocycles. The smallest absolute Gasteiger partial charge is 0.261 e. The highest BCUT2D eigenvalue weighted by molar-refractivity contribution is 7.92. The Morgan fingerprint density at radius 1 is 1.15 bits per heavy atom. The fourth-order valence-electron chi connectivity index (χ4n) is 2.73. The van der Waals surface area contributed by atoms with Crippen LogP contribution in [0.3, 0.4) is 0 Å². The summed E-state index contributed by atoms with van der Waals surface area (Å²) in [5.41, 5.74) is 0.574. The average Bonchev–Trinajstić information content (AvgIpc) is 2.59. The third-order valence-electron chi connectivity index (χ3n) is 3.99. The van der Waals surface area contributed by atoms with Crippen LogP contribution in [0, 0.1) is 24.1 Å². The minimum Gasteiger partial charge on any atom is -0.308 e. The van der Waals surface area contributed by atoms with Gasteiger partial charge in [-0.15, -0.1) is 0 Å². The van der Waals surface area contributed by atoms with E-state index in [0.29, 0.717) is 16.5 Å². The van der Waals surface area contributed by atoms with Gasteiger partial charge in [-0.2, -0.15) is 5.26 Å². The molecular formula is C18H14FN3O3S. The van der Waals surface area contributed by atoms with E-state index >= 15 is 0 Å². The predicted octanol–water partition coefficient (Wildman–Crippen LogP) is 2.66. The van der Waals surface area contributed by atoms with Crippen molar-refractivity contribution in [3.8, 4) is 6.07 Å². The highest BCUT2D eigenvalue weighted by Crippen LogP contribution is 2.24. The summed E-state index contributed by atoms with van der Waals surface area (Å²) in [5.74, 6) is -0.709. The van der Waals surface area contributed by atoms with Crippen LogP contribution in [0.5, 0.6) is 0 Å². The number of nitrogens with one attached hydrogen (secondary N) is 1. The molecule has 0 aliphatic carbocycles. The van der Waals surface area contributed by atoms with E-state index in [2.05, 4.69) is 4.72 Å². The van der Waals surface area contributed by atoms with Crippen molar-refractivity contribution in [1.82, 2.24) is 4.57 Å². The van der Waals surface area contributed by atoms with Crippen LogP contribution in [0.1, 0.15) is 11.1 Å². The van der Waals surface area contributed by atoms with Gasteiger partial charge in [0.25, 0.3) is 15.6 Å². The Hall–Kier alpha value is -3.18. The summed E-state index contributed by atoms with van der Waals surface area (Å²) in [6, 6.07) is 11.3. The number of hydrogen-bond donors (Lipinski definition) is 1. The van der Waals surface area contributed by atoms with Crippen LogP contribution in [0.15, 0.2) is 52.2 Å². The first-order valence-corrected chi connectivity index (χ1v) is 9.04. The molecule has 0 amide bonds. The summed E-state index contributed by atoms with van der Waals surface area (Å²) < 4.78 is 42.9. The van der Waals surface area contributed by atoms with Gasteiger partial charge in [-0.25, -0.2) is 12.8 Å². The fraction of sp³-hybridized carbons (Fsp3) is 0.111. The molecule has 132 valence electrons. The summed E-state index contributed by atoms with van der Waals surface area (Å²) in [4.78, 5) is 11.9. The first-order valence-electron chi connectivity index (χ1n) is 7.56. The minimum atomic E-state index is -3.95. The second kappa shape index (κ2) is 6.28. The monoisotopic (exact) mass is 371 g/mol. The van der Waals surface area contributed by atoms with Crippen LogP contribution in [0.4, 0.5) is 10.1 Å². The topological polar surface area (TPSA) is 92.0 Å². The van der Waals surface area contributed by atoms with Gasteiger partial charge in [0.15, 0.2) is 0 Å². The zero-order chi connectivity index (χ0) is 19.1. The van der Waals surface area contributed by atoms with Gasteiger partial charge < -0.3 is 4.57 Å². The number of benzene rings is 2. The average molecular weight is 371 g/mol.